The molecule has 0 atom stereocenters. The first kappa shape index (κ1) is 15.0. The van der Waals surface area contributed by atoms with E-state index in [1.807, 2.05) is 19.1 Å². The Bertz CT molecular complexity index is 690. The number of halogens is 1. The highest BCUT2D eigenvalue weighted by Crippen LogP contribution is 2.24. The SMILES string of the molecule is Cc1ccc(OC(=O)CCc2cc(Cl)ccc2[N+]#N)cc1. The smallest absolute Gasteiger partial charge is 0.388 e. The van der Waals surface area contributed by atoms with Crippen molar-refractivity contribution in [3.8, 4) is 5.75 Å². The maximum Gasteiger partial charge on any atom is 0.388 e. The topological polar surface area (TPSA) is 54.5 Å². The number of hydrogen-bond donors (Lipinski definition) is 0. The molecule has 0 N–H and O–H groups in total. The molecule has 0 amide bonds. The van der Waals surface area contributed by atoms with Gasteiger partial charge in [-0.3, -0.25) is 4.79 Å². The van der Waals surface area contributed by atoms with Crippen molar-refractivity contribution in [1.29, 1.82) is 5.39 Å². The zero-order chi connectivity index (χ0) is 15.2. The molecule has 2 aromatic rings. The zero-order valence-corrected chi connectivity index (χ0v) is 12.3. The predicted molar refractivity (Wildman–Crippen MR) is 81.3 cm³/mol. The van der Waals surface area contributed by atoms with E-state index in [4.69, 9.17) is 21.7 Å². The van der Waals surface area contributed by atoms with Crippen molar-refractivity contribution in [3.63, 3.8) is 0 Å². The number of nitrogens with zero attached hydrogens (tertiary/aromatic N) is 2. The number of esters is 1. The molecule has 0 saturated heterocycles. The van der Waals surface area contributed by atoms with E-state index >= 15 is 0 Å². The number of carbonyl (C=O) groups excluding carboxylic acids is 1. The van der Waals surface area contributed by atoms with Gasteiger partial charge in [-0.2, -0.15) is 0 Å². The van der Waals surface area contributed by atoms with Crippen LogP contribution in [0.25, 0.3) is 4.98 Å². The zero-order valence-electron chi connectivity index (χ0n) is 11.5. The van der Waals surface area contributed by atoms with Crippen molar-refractivity contribution in [2.45, 2.75) is 19.8 Å². The molecule has 2 aromatic carbocycles. The third-order valence-electron chi connectivity index (χ3n) is 3.00. The van der Waals surface area contributed by atoms with Gasteiger partial charge in [0.1, 0.15) is 5.75 Å². The summed E-state index contributed by atoms with van der Waals surface area (Å²) in [5.41, 5.74) is 2.20. The summed E-state index contributed by atoms with van der Waals surface area (Å²) in [6.07, 6.45) is 0.571. The van der Waals surface area contributed by atoms with Gasteiger partial charge >= 0.3 is 11.7 Å². The third-order valence-corrected chi connectivity index (χ3v) is 3.24. The van der Waals surface area contributed by atoms with Crippen LogP contribution < -0.4 is 4.74 Å². The van der Waals surface area contributed by atoms with E-state index in [1.54, 1.807) is 30.3 Å². The molecule has 106 valence electrons. The summed E-state index contributed by atoms with van der Waals surface area (Å²) in [6.45, 7) is 1.96. The van der Waals surface area contributed by atoms with Gasteiger partial charge in [-0.25, -0.2) is 0 Å². The standard InChI is InChI=1S/C16H14ClN2O2/c1-11-2-6-14(7-3-11)21-16(20)9-4-12-10-13(17)5-8-15(12)19-18/h2-3,5-8,10H,4,9H2,1H3/q+1. The number of ether oxygens (including phenoxy) is 1. The molecule has 0 unspecified atom stereocenters. The molecule has 0 radical (unpaired) electrons. The van der Waals surface area contributed by atoms with Crippen LogP contribution in [-0.4, -0.2) is 5.97 Å². The maximum atomic E-state index is 11.8. The van der Waals surface area contributed by atoms with Gasteiger partial charge in [0, 0.05) is 16.7 Å². The molecule has 0 spiro atoms. The van der Waals surface area contributed by atoms with Crippen LogP contribution in [0.3, 0.4) is 0 Å². The number of aryl methyl sites for hydroxylation is 2. The average molecular weight is 302 g/mol. The van der Waals surface area contributed by atoms with Gasteiger partial charge in [0.2, 0.25) is 5.39 Å². The number of rotatable bonds is 4. The summed E-state index contributed by atoms with van der Waals surface area (Å²) in [5.74, 6) is 0.173. The summed E-state index contributed by atoms with van der Waals surface area (Å²) < 4.78 is 5.23. The largest absolute Gasteiger partial charge is 0.427 e. The quantitative estimate of drug-likeness (QED) is 0.468. The van der Waals surface area contributed by atoms with E-state index in [9.17, 15) is 4.79 Å². The number of benzene rings is 2. The fourth-order valence-corrected chi connectivity index (χ4v) is 2.07. The first-order valence-corrected chi connectivity index (χ1v) is 6.87. The van der Waals surface area contributed by atoms with Crippen LogP contribution in [0.5, 0.6) is 5.75 Å². The third kappa shape index (κ3) is 4.30. The molecule has 0 fully saturated rings. The van der Waals surface area contributed by atoms with Gasteiger partial charge in [0.15, 0.2) is 4.98 Å². The lowest BCUT2D eigenvalue weighted by Crippen LogP contribution is -2.09. The molecular weight excluding hydrogens is 288 g/mol. The minimum atomic E-state index is -0.345. The number of hydrogen-bond acceptors (Lipinski definition) is 3. The Morgan fingerprint density at radius 2 is 1.95 bits per heavy atom. The van der Waals surface area contributed by atoms with Crippen LogP contribution in [0.1, 0.15) is 17.5 Å². The highest BCUT2D eigenvalue weighted by atomic mass is 35.5. The summed E-state index contributed by atoms with van der Waals surface area (Å²) in [5, 5.41) is 9.43. The van der Waals surface area contributed by atoms with E-state index in [2.05, 4.69) is 4.98 Å². The van der Waals surface area contributed by atoms with E-state index in [1.165, 1.54) is 0 Å². The highest BCUT2D eigenvalue weighted by Gasteiger charge is 2.15. The molecule has 4 nitrogen and oxygen atoms in total. The van der Waals surface area contributed by atoms with Gasteiger partial charge in [0.25, 0.3) is 0 Å². The van der Waals surface area contributed by atoms with Crippen LogP contribution in [-0.2, 0) is 11.2 Å². The summed E-state index contributed by atoms with van der Waals surface area (Å²) in [4.78, 5) is 15.0. The summed E-state index contributed by atoms with van der Waals surface area (Å²) in [6, 6.07) is 12.2. The molecular formula is C16H14ClN2O2+. The average Bonchev–Trinajstić information content (AvgIpc) is 2.48. The Morgan fingerprint density at radius 1 is 1.24 bits per heavy atom. The fraction of sp³-hybridized carbons (Fsp3) is 0.188. The Morgan fingerprint density at radius 3 is 2.62 bits per heavy atom. The van der Waals surface area contributed by atoms with Crippen molar-refractivity contribution in [1.82, 2.24) is 0 Å². The number of diazo groups is 1. The van der Waals surface area contributed by atoms with Crippen LogP contribution >= 0.6 is 11.6 Å². The molecule has 21 heavy (non-hydrogen) atoms. The van der Waals surface area contributed by atoms with Crippen molar-refractivity contribution in [3.05, 3.63) is 63.6 Å². The summed E-state index contributed by atoms with van der Waals surface area (Å²) >= 11 is 5.89. The second kappa shape index (κ2) is 6.87. The van der Waals surface area contributed by atoms with Crippen LogP contribution in [0.15, 0.2) is 42.5 Å². The van der Waals surface area contributed by atoms with E-state index in [0.717, 1.165) is 5.56 Å². The maximum absolute atomic E-state index is 11.8. The second-order valence-corrected chi connectivity index (χ2v) is 5.10. The second-order valence-electron chi connectivity index (χ2n) is 4.66. The van der Waals surface area contributed by atoms with Gasteiger partial charge in [-0.1, -0.05) is 29.3 Å². The van der Waals surface area contributed by atoms with Crippen molar-refractivity contribution >= 4 is 23.3 Å². The first-order chi connectivity index (χ1) is 10.1. The number of carbonyl (C=O) groups is 1. The van der Waals surface area contributed by atoms with E-state index in [0.29, 0.717) is 28.4 Å². The lowest BCUT2D eigenvalue weighted by atomic mass is 10.1. The Balaban J connectivity index is 1.97. The lowest BCUT2D eigenvalue weighted by molar-refractivity contribution is -0.134. The molecule has 0 aliphatic rings. The Kier molecular flexibility index (Phi) is 4.91. The molecule has 0 aromatic heterocycles. The van der Waals surface area contributed by atoms with Gasteiger partial charge in [-0.15, -0.1) is 0 Å². The minimum absolute atomic E-state index is 0.177. The van der Waals surface area contributed by atoms with Crippen LogP contribution in [0.2, 0.25) is 5.02 Å². The molecule has 0 aliphatic carbocycles. The van der Waals surface area contributed by atoms with Gasteiger partial charge < -0.3 is 4.74 Å². The van der Waals surface area contributed by atoms with Crippen LogP contribution in [0.4, 0.5) is 5.69 Å². The van der Waals surface area contributed by atoms with Crippen molar-refractivity contribution in [2.24, 2.45) is 0 Å². The van der Waals surface area contributed by atoms with Gasteiger partial charge in [0.05, 0.1) is 6.42 Å². The summed E-state index contributed by atoms with van der Waals surface area (Å²) in [7, 11) is 0. The molecule has 2 rings (SSSR count). The van der Waals surface area contributed by atoms with Crippen LogP contribution in [0, 0.1) is 12.3 Å². The molecule has 0 aliphatic heterocycles. The molecule has 0 saturated carbocycles. The van der Waals surface area contributed by atoms with Crippen molar-refractivity contribution in [2.75, 3.05) is 0 Å². The molecule has 5 heteroatoms. The monoisotopic (exact) mass is 301 g/mol. The Labute approximate surface area is 127 Å². The minimum Gasteiger partial charge on any atom is -0.427 e. The van der Waals surface area contributed by atoms with Crippen molar-refractivity contribution < 1.29 is 9.53 Å². The fourth-order valence-electron chi connectivity index (χ4n) is 1.88. The van der Waals surface area contributed by atoms with E-state index in [-0.39, 0.29) is 12.4 Å². The molecule has 0 heterocycles. The van der Waals surface area contributed by atoms with E-state index < -0.39 is 0 Å². The lowest BCUT2D eigenvalue weighted by Gasteiger charge is -2.04. The normalized spacial score (nSPS) is 9.95. The highest BCUT2D eigenvalue weighted by molar-refractivity contribution is 6.30. The first-order valence-electron chi connectivity index (χ1n) is 6.49. The molecule has 0 bridgehead atoms. The predicted octanol–water partition coefficient (Wildman–Crippen LogP) is 4.67. The van der Waals surface area contributed by atoms with Gasteiger partial charge in [-0.05, 0) is 37.6 Å². The Hall–Kier alpha value is -2.38.